The van der Waals surface area contributed by atoms with Crippen LogP contribution in [0.2, 0.25) is 0 Å². The van der Waals surface area contributed by atoms with E-state index in [0.29, 0.717) is 29.2 Å². The molecule has 0 spiro atoms. The Hall–Kier alpha value is -1.38. The van der Waals surface area contributed by atoms with Gasteiger partial charge in [-0.05, 0) is 49.3 Å². The smallest absolute Gasteiger partial charge is 0.203 e. The summed E-state index contributed by atoms with van der Waals surface area (Å²) < 4.78 is 16.2. The van der Waals surface area contributed by atoms with E-state index in [9.17, 15) is 0 Å². The van der Waals surface area contributed by atoms with Crippen molar-refractivity contribution < 1.29 is 14.2 Å². The highest BCUT2D eigenvalue weighted by Crippen LogP contribution is 2.43. The monoisotopic (exact) mass is 491 g/mol. The number of aliphatic imine (C=N–C) groups is 1. The molecule has 0 bridgehead atoms. The van der Waals surface area contributed by atoms with E-state index in [1.807, 2.05) is 12.1 Å². The molecule has 2 N–H and O–H groups in total. The fraction of sp³-hybridized carbons (Fsp3) is 0.650. The van der Waals surface area contributed by atoms with Gasteiger partial charge in [-0.25, -0.2) is 4.99 Å². The Morgan fingerprint density at radius 3 is 2.07 bits per heavy atom. The van der Waals surface area contributed by atoms with Gasteiger partial charge in [0, 0.05) is 13.1 Å². The van der Waals surface area contributed by atoms with Gasteiger partial charge in [0.1, 0.15) is 0 Å². The largest absolute Gasteiger partial charge is 0.493 e. The fourth-order valence-electron chi connectivity index (χ4n) is 3.34. The first-order valence-electron chi connectivity index (χ1n) is 9.42. The molecule has 0 aromatic heterocycles. The van der Waals surface area contributed by atoms with Gasteiger partial charge in [-0.1, -0.05) is 13.3 Å². The molecule has 1 aromatic carbocycles. The number of nitrogens with one attached hydrogen (secondary N) is 2. The summed E-state index contributed by atoms with van der Waals surface area (Å²) >= 11 is 0. The van der Waals surface area contributed by atoms with Crippen LogP contribution in [0.3, 0.4) is 0 Å². The summed E-state index contributed by atoms with van der Waals surface area (Å²) in [5.74, 6) is 2.74. The zero-order chi connectivity index (χ0) is 19.0. The van der Waals surface area contributed by atoms with Crippen LogP contribution in [0.5, 0.6) is 17.2 Å². The lowest BCUT2D eigenvalue weighted by molar-refractivity contribution is 0.131. The van der Waals surface area contributed by atoms with Crippen molar-refractivity contribution in [1.82, 2.24) is 10.6 Å². The van der Waals surface area contributed by atoms with Crippen molar-refractivity contribution in [3.8, 4) is 17.2 Å². The molecule has 0 amide bonds. The number of guanidine groups is 1. The lowest BCUT2D eigenvalue weighted by Crippen LogP contribution is -2.46. The second-order valence-electron chi connectivity index (χ2n) is 6.79. The van der Waals surface area contributed by atoms with E-state index in [2.05, 4.69) is 24.5 Å². The third kappa shape index (κ3) is 6.05. The van der Waals surface area contributed by atoms with Gasteiger partial charge < -0.3 is 24.8 Å². The zero-order valence-electron chi connectivity index (χ0n) is 17.2. The number of hydrogen-bond donors (Lipinski definition) is 2. The number of rotatable bonds is 9. The molecule has 2 rings (SSSR count). The van der Waals surface area contributed by atoms with Gasteiger partial charge in [0.2, 0.25) is 5.75 Å². The lowest BCUT2D eigenvalue weighted by Gasteiger charge is -2.41. The van der Waals surface area contributed by atoms with Crippen LogP contribution in [0.25, 0.3) is 0 Å². The summed E-state index contributed by atoms with van der Waals surface area (Å²) in [5.41, 5.74) is 1.45. The first kappa shape index (κ1) is 23.7. The summed E-state index contributed by atoms with van der Waals surface area (Å²) in [4.78, 5) is 4.73. The SMILES string of the molecule is CCNC(=NCc1cc(OC)c(OC)c(OC)c1)NCC1(CC)CCC1.I. The van der Waals surface area contributed by atoms with E-state index in [1.165, 1.54) is 25.7 Å². The fourth-order valence-corrected chi connectivity index (χ4v) is 3.34. The molecular weight excluding hydrogens is 457 g/mol. The Bertz CT molecular complexity index is 588. The molecule has 7 heteroatoms. The minimum atomic E-state index is 0. The minimum absolute atomic E-state index is 0. The van der Waals surface area contributed by atoms with Gasteiger partial charge >= 0.3 is 0 Å². The third-order valence-electron chi connectivity index (χ3n) is 5.28. The van der Waals surface area contributed by atoms with Crippen molar-refractivity contribution in [3.63, 3.8) is 0 Å². The summed E-state index contributed by atoms with van der Waals surface area (Å²) in [5, 5.41) is 6.85. The van der Waals surface area contributed by atoms with Crippen LogP contribution in [0.4, 0.5) is 0 Å². The van der Waals surface area contributed by atoms with Gasteiger partial charge in [-0.3, -0.25) is 0 Å². The van der Waals surface area contributed by atoms with Crippen molar-refractivity contribution in [1.29, 1.82) is 0 Å². The molecule has 154 valence electrons. The number of hydrogen-bond acceptors (Lipinski definition) is 4. The van der Waals surface area contributed by atoms with E-state index in [-0.39, 0.29) is 24.0 Å². The Labute approximate surface area is 180 Å². The molecule has 0 saturated heterocycles. The van der Waals surface area contributed by atoms with Gasteiger partial charge in [0.25, 0.3) is 0 Å². The highest BCUT2D eigenvalue weighted by Gasteiger charge is 2.34. The van der Waals surface area contributed by atoms with Crippen molar-refractivity contribution >= 4 is 29.9 Å². The van der Waals surface area contributed by atoms with Crippen molar-refractivity contribution in [3.05, 3.63) is 17.7 Å². The normalized spacial score (nSPS) is 15.2. The summed E-state index contributed by atoms with van der Waals surface area (Å²) in [6.07, 6.45) is 5.17. The third-order valence-corrected chi connectivity index (χ3v) is 5.28. The van der Waals surface area contributed by atoms with Crippen LogP contribution < -0.4 is 24.8 Å². The summed E-state index contributed by atoms with van der Waals surface area (Å²) in [6, 6.07) is 3.88. The first-order valence-corrected chi connectivity index (χ1v) is 9.42. The maximum Gasteiger partial charge on any atom is 0.203 e. The van der Waals surface area contributed by atoms with Crippen molar-refractivity contribution in [2.24, 2.45) is 10.4 Å². The average molecular weight is 491 g/mol. The number of nitrogens with zero attached hydrogens (tertiary/aromatic N) is 1. The molecule has 0 radical (unpaired) electrons. The molecule has 6 nitrogen and oxygen atoms in total. The van der Waals surface area contributed by atoms with Gasteiger partial charge in [-0.15, -0.1) is 24.0 Å². The molecule has 27 heavy (non-hydrogen) atoms. The Morgan fingerprint density at radius 2 is 1.67 bits per heavy atom. The number of methoxy groups -OCH3 is 3. The van der Waals surface area contributed by atoms with E-state index >= 15 is 0 Å². The van der Waals surface area contributed by atoms with Gasteiger partial charge in [0.15, 0.2) is 17.5 Å². The van der Waals surface area contributed by atoms with Gasteiger partial charge in [-0.2, -0.15) is 0 Å². The Kier molecular flexibility index (Phi) is 10.0. The molecule has 0 heterocycles. The first-order chi connectivity index (χ1) is 12.6. The van der Waals surface area contributed by atoms with Crippen LogP contribution in [0, 0.1) is 5.41 Å². The molecule has 1 aromatic rings. The number of ether oxygens (including phenoxy) is 3. The topological polar surface area (TPSA) is 64.1 Å². The lowest BCUT2D eigenvalue weighted by atomic mass is 9.67. The summed E-state index contributed by atoms with van der Waals surface area (Å²) in [7, 11) is 4.85. The second-order valence-corrected chi connectivity index (χ2v) is 6.79. The molecule has 0 atom stereocenters. The standard InChI is InChI=1S/C20H33N3O3.HI/c1-6-20(9-8-10-20)14-23-19(21-7-2)22-13-15-11-16(24-3)18(26-5)17(12-15)25-4;/h11-12H,6-10,13-14H2,1-5H3,(H2,21,22,23);1H. The predicted octanol–water partition coefficient (Wildman–Crippen LogP) is 3.97. The van der Waals surface area contributed by atoms with E-state index < -0.39 is 0 Å². The molecule has 0 unspecified atom stereocenters. The van der Waals surface area contributed by atoms with Crippen molar-refractivity contribution in [2.45, 2.75) is 46.1 Å². The van der Waals surface area contributed by atoms with Crippen LogP contribution in [0.1, 0.15) is 45.1 Å². The Balaban J connectivity index is 0.00000364. The highest BCUT2D eigenvalue weighted by molar-refractivity contribution is 14.0. The molecule has 1 fully saturated rings. The number of halogens is 1. The van der Waals surface area contributed by atoms with Crippen LogP contribution >= 0.6 is 24.0 Å². The van der Waals surface area contributed by atoms with E-state index in [4.69, 9.17) is 19.2 Å². The molecular formula is C20H34IN3O3. The van der Waals surface area contributed by atoms with Crippen molar-refractivity contribution in [2.75, 3.05) is 34.4 Å². The highest BCUT2D eigenvalue weighted by atomic mass is 127. The maximum atomic E-state index is 5.42. The number of benzene rings is 1. The Morgan fingerprint density at radius 1 is 1.04 bits per heavy atom. The minimum Gasteiger partial charge on any atom is -0.493 e. The van der Waals surface area contributed by atoms with Crippen LogP contribution in [-0.4, -0.2) is 40.4 Å². The molecule has 1 saturated carbocycles. The summed E-state index contributed by atoms with van der Waals surface area (Å²) in [6.45, 7) is 6.70. The average Bonchev–Trinajstić information content (AvgIpc) is 2.64. The van der Waals surface area contributed by atoms with Crippen LogP contribution in [-0.2, 0) is 6.54 Å². The van der Waals surface area contributed by atoms with Gasteiger partial charge in [0.05, 0.1) is 27.9 Å². The second kappa shape index (κ2) is 11.5. The van der Waals surface area contributed by atoms with E-state index in [0.717, 1.165) is 24.6 Å². The quantitative estimate of drug-likeness (QED) is 0.311. The maximum absolute atomic E-state index is 5.42. The molecule has 1 aliphatic carbocycles. The van der Waals surface area contributed by atoms with E-state index in [1.54, 1.807) is 21.3 Å². The predicted molar refractivity (Wildman–Crippen MR) is 121 cm³/mol. The molecule has 0 aliphatic heterocycles. The zero-order valence-corrected chi connectivity index (χ0v) is 19.5. The molecule has 1 aliphatic rings. The van der Waals surface area contributed by atoms with Crippen LogP contribution in [0.15, 0.2) is 17.1 Å².